The van der Waals surface area contributed by atoms with Crippen LogP contribution < -0.4 is 14.7 Å². The van der Waals surface area contributed by atoms with Crippen LogP contribution in [0.15, 0.2) is 224 Å². The lowest BCUT2D eigenvalue weighted by atomic mass is 9.62. The van der Waals surface area contributed by atoms with Crippen molar-refractivity contribution >= 4 is 51.2 Å². The van der Waals surface area contributed by atoms with E-state index in [-0.39, 0.29) is 0 Å². The molecular weight excluding hydrogens is 751 g/mol. The fourth-order valence-electron chi connectivity index (χ4n) is 9.32. The molecule has 3 nitrogen and oxygen atoms in total. The second-order valence-electron chi connectivity index (χ2n) is 16.6. The molecule has 62 heavy (non-hydrogen) atoms. The minimum Gasteiger partial charge on any atom is -0.310 e. The number of benzene rings is 9. The molecule has 0 saturated carbocycles. The van der Waals surface area contributed by atoms with Gasteiger partial charge in [0, 0.05) is 39.8 Å². The van der Waals surface area contributed by atoms with Crippen LogP contribution in [0, 0.1) is 27.7 Å². The van der Waals surface area contributed by atoms with E-state index in [2.05, 4.69) is 267 Å². The zero-order chi connectivity index (χ0) is 42.2. The van der Waals surface area contributed by atoms with Gasteiger partial charge in [0.1, 0.15) is 0 Å². The van der Waals surface area contributed by atoms with Crippen LogP contribution in [0.3, 0.4) is 0 Å². The van der Waals surface area contributed by atoms with Gasteiger partial charge >= 0.3 is 0 Å². The molecule has 1 aliphatic heterocycles. The molecule has 0 N–H and O–H groups in total. The SMILES string of the molecule is Cc1ccc(N(c2ccc(C)cc2)c2cccc(C3(c4cccc(N(c5ccc(C)cc5)c5ccc(C)cc5)c4)c4ccccc4N(c4ccccc4)c4ccccc43)c2)cc1. The Labute approximate surface area is 366 Å². The van der Waals surface area contributed by atoms with Crippen molar-refractivity contribution in [1.82, 2.24) is 0 Å². The van der Waals surface area contributed by atoms with Crippen LogP contribution in [-0.4, -0.2) is 0 Å². The number of hydrogen-bond acceptors (Lipinski definition) is 3. The minimum absolute atomic E-state index is 0.733. The third-order valence-corrected chi connectivity index (χ3v) is 12.4. The number of fused-ring (bicyclic) bond motifs is 2. The van der Waals surface area contributed by atoms with E-state index in [0.717, 1.165) is 51.2 Å². The molecule has 300 valence electrons. The highest BCUT2D eigenvalue weighted by atomic mass is 15.2. The van der Waals surface area contributed by atoms with E-state index < -0.39 is 5.41 Å². The van der Waals surface area contributed by atoms with Gasteiger partial charge in [-0.3, -0.25) is 0 Å². The topological polar surface area (TPSA) is 9.72 Å². The van der Waals surface area contributed by atoms with Crippen LogP contribution in [0.1, 0.15) is 44.5 Å². The summed E-state index contributed by atoms with van der Waals surface area (Å²) < 4.78 is 0. The molecule has 9 aromatic rings. The first-order valence-electron chi connectivity index (χ1n) is 21.5. The fraction of sp³-hybridized carbons (Fsp3) is 0.0847. The third-order valence-electron chi connectivity index (χ3n) is 12.4. The lowest BCUT2D eigenvalue weighted by molar-refractivity contribution is 0.731. The van der Waals surface area contributed by atoms with Crippen LogP contribution in [0.25, 0.3) is 0 Å². The van der Waals surface area contributed by atoms with Gasteiger partial charge in [-0.05, 0) is 147 Å². The van der Waals surface area contributed by atoms with Crippen molar-refractivity contribution in [3.05, 3.63) is 269 Å². The van der Waals surface area contributed by atoms with Gasteiger partial charge < -0.3 is 14.7 Å². The second kappa shape index (κ2) is 16.1. The third kappa shape index (κ3) is 6.82. The first kappa shape index (κ1) is 38.6. The van der Waals surface area contributed by atoms with E-state index in [1.54, 1.807) is 0 Å². The Morgan fingerprint density at radius 3 is 1.02 bits per heavy atom. The van der Waals surface area contributed by atoms with Crippen molar-refractivity contribution in [3.8, 4) is 0 Å². The van der Waals surface area contributed by atoms with Gasteiger partial charge in [0.25, 0.3) is 0 Å². The van der Waals surface area contributed by atoms with Crippen LogP contribution in [0.4, 0.5) is 51.2 Å². The summed E-state index contributed by atoms with van der Waals surface area (Å²) in [6, 6.07) is 82.8. The van der Waals surface area contributed by atoms with Crippen molar-refractivity contribution in [1.29, 1.82) is 0 Å². The summed E-state index contributed by atoms with van der Waals surface area (Å²) in [5.74, 6) is 0. The zero-order valence-corrected chi connectivity index (χ0v) is 35.7. The molecule has 1 aliphatic rings. The Hall–Kier alpha value is -7.62. The molecule has 0 unspecified atom stereocenters. The predicted octanol–water partition coefficient (Wildman–Crippen LogP) is 16.0. The summed E-state index contributed by atoms with van der Waals surface area (Å²) in [5.41, 5.74) is 19.0. The summed E-state index contributed by atoms with van der Waals surface area (Å²) in [5, 5.41) is 0. The number of hydrogen-bond donors (Lipinski definition) is 0. The van der Waals surface area contributed by atoms with Crippen LogP contribution in [0.2, 0.25) is 0 Å². The molecule has 3 heteroatoms. The van der Waals surface area contributed by atoms with E-state index in [1.165, 1.54) is 44.5 Å². The van der Waals surface area contributed by atoms with Crippen molar-refractivity contribution in [2.24, 2.45) is 0 Å². The Morgan fingerprint density at radius 2 is 0.645 bits per heavy atom. The van der Waals surface area contributed by atoms with Gasteiger partial charge in [-0.15, -0.1) is 0 Å². The van der Waals surface area contributed by atoms with Crippen molar-refractivity contribution in [2.45, 2.75) is 33.1 Å². The Morgan fingerprint density at radius 1 is 0.306 bits per heavy atom. The maximum absolute atomic E-state index is 2.44. The monoisotopic (exact) mass is 799 g/mol. The molecule has 0 fully saturated rings. The standard InChI is InChI=1S/C59H49N3/c1-42-24-32-49(33-25-42)60(50-34-26-43(2)27-35-50)53-18-12-14-46(40-53)59(55-20-8-10-22-57(55)62(48-16-6-5-7-17-48)58-23-11-9-21-56(58)59)47-15-13-19-54(41-47)61(51-36-28-44(3)29-37-51)52-38-30-45(4)31-39-52/h5-41H,1-4H3. The van der Waals surface area contributed by atoms with Gasteiger partial charge in [0.2, 0.25) is 0 Å². The van der Waals surface area contributed by atoms with Crippen LogP contribution in [-0.2, 0) is 5.41 Å². The van der Waals surface area contributed by atoms with Gasteiger partial charge in [-0.25, -0.2) is 0 Å². The summed E-state index contributed by atoms with van der Waals surface area (Å²) in [6.07, 6.45) is 0. The minimum atomic E-state index is -0.733. The predicted molar refractivity (Wildman–Crippen MR) is 261 cm³/mol. The van der Waals surface area contributed by atoms with Crippen molar-refractivity contribution in [3.63, 3.8) is 0 Å². The Kier molecular flexibility index (Phi) is 10.0. The fourth-order valence-corrected chi connectivity index (χ4v) is 9.32. The molecule has 0 atom stereocenters. The first-order chi connectivity index (χ1) is 30.4. The van der Waals surface area contributed by atoms with Crippen molar-refractivity contribution in [2.75, 3.05) is 14.7 Å². The maximum atomic E-state index is 2.44. The number of rotatable bonds is 9. The number of nitrogens with zero attached hydrogens (tertiary/aromatic N) is 3. The number of aryl methyl sites for hydroxylation is 4. The Balaban J connectivity index is 1.27. The summed E-state index contributed by atoms with van der Waals surface area (Å²) in [4.78, 5) is 7.21. The Bertz CT molecular complexity index is 2710. The molecule has 0 bridgehead atoms. The number of para-hydroxylation sites is 3. The molecule has 0 aliphatic carbocycles. The van der Waals surface area contributed by atoms with Gasteiger partial charge in [-0.2, -0.15) is 0 Å². The molecule has 9 aromatic carbocycles. The molecule has 0 aromatic heterocycles. The second-order valence-corrected chi connectivity index (χ2v) is 16.6. The first-order valence-corrected chi connectivity index (χ1v) is 21.5. The molecule has 0 radical (unpaired) electrons. The number of anilines is 9. The molecule has 1 heterocycles. The lowest BCUT2D eigenvalue weighted by Gasteiger charge is -2.47. The largest absolute Gasteiger partial charge is 0.310 e. The molecule has 0 saturated heterocycles. The molecule has 0 spiro atoms. The van der Waals surface area contributed by atoms with Gasteiger partial charge in [0.05, 0.1) is 16.8 Å². The van der Waals surface area contributed by atoms with E-state index in [4.69, 9.17) is 0 Å². The highest BCUT2D eigenvalue weighted by Crippen LogP contribution is 2.58. The maximum Gasteiger partial charge on any atom is 0.0743 e. The van der Waals surface area contributed by atoms with Crippen LogP contribution in [0.5, 0.6) is 0 Å². The van der Waals surface area contributed by atoms with E-state index in [1.807, 2.05) is 0 Å². The summed E-state index contributed by atoms with van der Waals surface area (Å²) >= 11 is 0. The lowest BCUT2D eigenvalue weighted by Crippen LogP contribution is -2.38. The van der Waals surface area contributed by atoms with Gasteiger partial charge in [0.15, 0.2) is 0 Å². The normalized spacial score (nSPS) is 12.6. The van der Waals surface area contributed by atoms with Gasteiger partial charge in [-0.1, -0.05) is 150 Å². The quantitative estimate of drug-likeness (QED) is 0.144. The van der Waals surface area contributed by atoms with E-state index in [0.29, 0.717) is 0 Å². The van der Waals surface area contributed by atoms with E-state index >= 15 is 0 Å². The smallest absolute Gasteiger partial charge is 0.0743 e. The molecular formula is C59H49N3. The zero-order valence-electron chi connectivity index (χ0n) is 35.7. The van der Waals surface area contributed by atoms with Crippen LogP contribution >= 0.6 is 0 Å². The average Bonchev–Trinajstić information content (AvgIpc) is 3.31. The summed E-state index contributed by atoms with van der Waals surface area (Å²) in [7, 11) is 0. The highest BCUT2D eigenvalue weighted by molar-refractivity contribution is 5.90. The summed E-state index contributed by atoms with van der Waals surface area (Å²) in [6.45, 7) is 8.59. The van der Waals surface area contributed by atoms with E-state index in [9.17, 15) is 0 Å². The average molecular weight is 800 g/mol. The molecule has 0 amide bonds. The van der Waals surface area contributed by atoms with Crippen molar-refractivity contribution < 1.29 is 0 Å². The molecule has 10 rings (SSSR count). The highest BCUT2D eigenvalue weighted by Gasteiger charge is 2.47.